The minimum Gasteiger partial charge on any atom is -0.0907 e. The van der Waals surface area contributed by atoms with Gasteiger partial charge in [0.25, 0.3) is 0 Å². The smallest absolute Gasteiger partial charge is 0.0423 e. The van der Waals surface area contributed by atoms with E-state index in [-0.39, 0.29) is 0 Å². The second kappa shape index (κ2) is 14.1. The molecule has 0 heterocycles. The predicted octanol–water partition coefficient (Wildman–Crippen LogP) is 7.09. The molecule has 0 saturated carbocycles. The van der Waals surface area contributed by atoms with Crippen molar-refractivity contribution in [2.24, 2.45) is 0 Å². The Kier molecular flexibility index (Phi) is 11.8. The Morgan fingerprint density at radius 2 is 1.11 bits per heavy atom. The van der Waals surface area contributed by atoms with Crippen LogP contribution in [0.3, 0.4) is 0 Å². The number of unbranched alkanes of at least 4 members (excludes halogenated alkanes) is 6. The van der Waals surface area contributed by atoms with Gasteiger partial charge in [-0.1, -0.05) is 101 Å². The molecule has 0 rings (SSSR count). The fourth-order valence-electron chi connectivity index (χ4n) is 1.83. The first-order chi connectivity index (χ1) is 9.33. The Balaban J connectivity index is 3.84. The van der Waals surface area contributed by atoms with Crippen LogP contribution in [-0.2, 0) is 0 Å². The zero-order chi connectivity index (χ0) is 15.5. The molecule has 18 heavy (non-hydrogen) atoms. The molecule has 0 radical (unpaired) electrons. The zero-order valence-electron chi connectivity index (χ0n) is 14.9. The Bertz CT molecular complexity index is 207. The van der Waals surface area contributed by atoms with E-state index in [4.69, 9.17) is 2.74 Å². The second-order valence-electron chi connectivity index (χ2n) is 5.19. The van der Waals surface area contributed by atoms with Crippen LogP contribution in [0.2, 0.25) is 0 Å². The maximum absolute atomic E-state index is 8.34. The largest absolute Gasteiger partial charge is 0.0907 e. The van der Waals surface area contributed by atoms with Crippen LogP contribution >= 0.6 is 21.6 Å². The van der Waals surface area contributed by atoms with E-state index >= 15 is 0 Å². The maximum Gasteiger partial charge on any atom is 0.0423 e. The monoisotopic (exact) mass is 292 g/mol. The summed E-state index contributed by atoms with van der Waals surface area (Å²) in [6, 6.07) is 0. The Morgan fingerprint density at radius 1 is 0.722 bits per heavy atom. The van der Waals surface area contributed by atoms with E-state index in [0.29, 0.717) is 0 Å². The molecule has 0 aliphatic heterocycles. The Labute approximate surface area is 127 Å². The first kappa shape index (κ1) is 15.1. The van der Waals surface area contributed by atoms with Gasteiger partial charge in [-0.25, -0.2) is 0 Å². The van der Waals surface area contributed by atoms with E-state index < -0.39 is 10.5 Å². The molecule has 0 saturated heterocycles. The number of hydrogen-bond acceptors (Lipinski definition) is 2. The first-order valence-corrected chi connectivity index (χ1v) is 9.85. The van der Waals surface area contributed by atoms with E-state index in [9.17, 15) is 0 Å². The third-order valence-corrected chi connectivity index (χ3v) is 6.11. The summed E-state index contributed by atoms with van der Waals surface area (Å²) in [7, 11) is 3.21. The van der Waals surface area contributed by atoms with E-state index in [1.54, 1.807) is 21.6 Å². The van der Waals surface area contributed by atoms with Crippen molar-refractivity contribution in [3.63, 3.8) is 0 Å². The molecule has 0 aromatic carbocycles. The van der Waals surface area contributed by atoms with Gasteiger partial charge in [0, 0.05) is 13.2 Å². The minimum atomic E-state index is -0.440. The lowest BCUT2D eigenvalue weighted by molar-refractivity contribution is 0.630. The predicted molar refractivity (Wildman–Crippen MR) is 91.6 cm³/mol. The maximum atomic E-state index is 8.34. The van der Waals surface area contributed by atoms with Crippen LogP contribution in [0.1, 0.15) is 94.6 Å². The van der Waals surface area contributed by atoms with Crippen molar-refractivity contribution in [3.8, 4) is 0 Å². The molecule has 110 valence electrons. The molecule has 0 fully saturated rings. The van der Waals surface area contributed by atoms with Gasteiger partial charge in [-0.15, -0.1) is 0 Å². The number of rotatable bonds is 13. The van der Waals surface area contributed by atoms with Crippen molar-refractivity contribution in [2.45, 2.75) is 102 Å². The molecule has 0 aliphatic carbocycles. The highest BCUT2D eigenvalue weighted by Gasteiger charge is 2.07. The normalized spacial score (nSPS) is 19.8. The summed E-state index contributed by atoms with van der Waals surface area (Å²) in [4.78, 5) is 0. The molecule has 0 aromatic rings. The second-order valence-corrected chi connectivity index (χ2v) is 7.92. The van der Waals surface area contributed by atoms with E-state index in [1.165, 1.54) is 38.5 Å². The lowest BCUT2D eigenvalue weighted by Gasteiger charge is -2.14. The van der Waals surface area contributed by atoms with Crippen molar-refractivity contribution in [1.82, 2.24) is 0 Å². The molecule has 0 aliphatic rings. The van der Waals surface area contributed by atoms with Crippen LogP contribution in [0, 0.1) is 0 Å². The van der Waals surface area contributed by atoms with Gasteiger partial charge < -0.3 is 0 Å². The Hall–Kier alpha value is 0.700. The van der Waals surface area contributed by atoms with Crippen molar-refractivity contribution >= 4 is 21.6 Å². The fraction of sp³-hybridized carbons (Fsp3) is 1.00. The van der Waals surface area contributed by atoms with Gasteiger partial charge in [-0.3, -0.25) is 0 Å². The Morgan fingerprint density at radius 3 is 1.44 bits per heavy atom. The minimum absolute atomic E-state index is 0.440. The molecular formula is C16H34S2. The standard InChI is InChI=1S/C16H34S2/c1-5-7-9-11-13-15(3)17-18-16(4)14-12-10-8-6-2/h15-16H,5-14H2,1-4H3/i15D,16D. The van der Waals surface area contributed by atoms with Crippen molar-refractivity contribution in [3.05, 3.63) is 0 Å². The van der Waals surface area contributed by atoms with Crippen molar-refractivity contribution in [2.75, 3.05) is 0 Å². The summed E-state index contributed by atoms with van der Waals surface area (Å²) in [5.74, 6) is 0. The van der Waals surface area contributed by atoms with Gasteiger partial charge in [-0.2, -0.15) is 0 Å². The summed E-state index contributed by atoms with van der Waals surface area (Å²) in [5, 5.41) is -0.881. The third-order valence-electron chi connectivity index (χ3n) is 3.09. The molecule has 0 N–H and O–H groups in total. The zero-order valence-corrected chi connectivity index (χ0v) is 14.5. The van der Waals surface area contributed by atoms with Crippen LogP contribution in [0.25, 0.3) is 0 Å². The van der Waals surface area contributed by atoms with Crippen molar-refractivity contribution < 1.29 is 2.74 Å². The summed E-state index contributed by atoms with van der Waals surface area (Å²) in [6.45, 7) is 8.44. The van der Waals surface area contributed by atoms with Gasteiger partial charge in [0.15, 0.2) is 0 Å². The highest BCUT2D eigenvalue weighted by molar-refractivity contribution is 8.77. The lowest BCUT2D eigenvalue weighted by atomic mass is 10.1. The molecule has 0 spiro atoms. The van der Waals surface area contributed by atoms with Crippen LogP contribution in [0.15, 0.2) is 0 Å². The van der Waals surface area contributed by atoms with Gasteiger partial charge in [-0.05, 0) is 12.8 Å². The summed E-state index contributed by atoms with van der Waals surface area (Å²) in [6.07, 6.45) is 11.7. The molecule has 0 aromatic heterocycles. The fourth-order valence-corrected chi connectivity index (χ4v) is 3.92. The van der Waals surface area contributed by atoms with Crippen LogP contribution in [0.4, 0.5) is 0 Å². The average Bonchev–Trinajstić information content (AvgIpc) is 2.38. The van der Waals surface area contributed by atoms with E-state index in [1.807, 2.05) is 13.8 Å². The van der Waals surface area contributed by atoms with Crippen LogP contribution in [0.5, 0.6) is 0 Å². The van der Waals surface area contributed by atoms with E-state index in [2.05, 4.69) is 13.8 Å². The quantitative estimate of drug-likeness (QED) is 0.262. The van der Waals surface area contributed by atoms with Gasteiger partial charge in [0.1, 0.15) is 0 Å². The highest BCUT2D eigenvalue weighted by atomic mass is 33.1. The van der Waals surface area contributed by atoms with Crippen LogP contribution < -0.4 is 0 Å². The molecule has 2 heteroatoms. The molecule has 0 bridgehead atoms. The molecular weight excluding hydrogens is 256 g/mol. The third kappa shape index (κ3) is 13.1. The summed E-state index contributed by atoms with van der Waals surface area (Å²) < 4.78 is 16.7. The molecule has 0 amide bonds. The number of hydrogen-bond donors (Lipinski definition) is 0. The SMILES string of the molecule is [2H]C(C)(CCCCCC)SSC([2H])(C)CCCCCC. The van der Waals surface area contributed by atoms with E-state index in [0.717, 1.165) is 25.7 Å². The summed E-state index contributed by atoms with van der Waals surface area (Å²) in [5.41, 5.74) is 0. The lowest BCUT2D eigenvalue weighted by Crippen LogP contribution is -1.98. The topological polar surface area (TPSA) is 0 Å². The molecule has 2 unspecified atom stereocenters. The van der Waals surface area contributed by atoms with Gasteiger partial charge in [0.05, 0.1) is 0 Å². The molecule has 2 atom stereocenters. The van der Waals surface area contributed by atoms with Crippen molar-refractivity contribution in [1.29, 1.82) is 0 Å². The summed E-state index contributed by atoms with van der Waals surface area (Å²) >= 11 is 0. The average molecular weight is 293 g/mol. The molecule has 0 nitrogen and oxygen atoms in total. The first-order valence-electron chi connectivity index (χ1n) is 8.70. The highest BCUT2D eigenvalue weighted by Crippen LogP contribution is 2.35. The van der Waals surface area contributed by atoms with Gasteiger partial charge in [0.2, 0.25) is 0 Å². The van der Waals surface area contributed by atoms with Crippen LogP contribution in [-0.4, -0.2) is 10.5 Å². The van der Waals surface area contributed by atoms with Gasteiger partial charge >= 0.3 is 0 Å².